The molecule has 26 heavy (non-hydrogen) atoms. The molecule has 0 bridgehead atoms. The van der Waals surface area contributed by atoms with Gasteiger partial charge in [-0.1, -0.05) is 18.2 Å². The van der Waals surface area contributed by atoms with E-state index in [1.54, 1.807) is 9.80 Å². The number of nitrogens with one attached hydrogen (secondary N) is 1. The molecule has 9 heteroatoms. The van der Waals surface area contributed by atoms with Gasteiger partial charge in [-0.3, -0.25) is 15.1 Å². The number of nitrogens with two attached hydrogens (primary N) is 1. The highest BCUT2D eigenvalue weighted by Crippen LogP contribution is 2.18. The minimum absolute atomic E-state index is 0.133. The smallest absolute Gasteiger partial charge is 0.325 e. The molecule has 0 spiro atoms. The van der Waals surface area contributed by atoms with Crippen LogP contribution in [0.2, 0.25) is 0 Å². The van der Waals surface area contributed by atoms with E-state index in [2.05, 4.69) is 9.97 Å². The number of carbonyl (C=O) groups excluding carboxylic acids is 2. The molecule has 1 aliphatic rings. The van der Waals surface area contributed by atoms with Crippen LogP contribution in [0.15, 0.2) is 42.7 Å². The van der Waals surface area contributed by atoms with Crippen molar-refractivity contribution in [3.8, 4) is 0 Å². The van der Waals surface area contributed by atoms with E-state index < -0.39 is 5.91 Å². The number of hydrogen-bond donors (Lipinski definition) is 2. The molecule has 0 unspecified atom stereocenters. The van der Waals surface area contributed by atoms with Crippen molar-refractivity contribution in [1.29, 1.82) is 0 Å². The largest absolute Gasteiger partial charge is 0.378 e. The molecule has 1 saturated heterocycles. The van der Waals surface area contributed by atoms with Gasteiger partial charge in [0.2, 0.25) is 0 Å². The summed E-state index contributed by atoms with van der Waals surface area (Å²) in [6, 6.07) is 9.20. The predicted octanol–water partition coefficient (Wildman–Crippen LogP) is 0.539. The zero-order chi connectivity index (χ0) is 18.4. The Labute approximate surface area is 150 Å². The Morgan fingerprint density at radius 3 is 2.42 bits per heavy atom. The van der Waals surface area contributed by atoms with Crippen molar-refractivity contribution in [2.75, 3.05) is 31.2 Å². The van der Waals surface area contributed by atoms with Crippen LogP contribution in [-0.2, 0) is 11.3 Å². The number of aromatic nitrogens is 2. The summed E-state index contributed by atoms with van der Waals surface area (Å²) in [5.41, 5.74) is 3.03. The number of morpholine rings is 1. The molecule has 3 rings (SSSR count). The molecule has 1 aromatic heterocycles. The zero-order valence-electron chi connectivity index (χ0n) is 14.2. The van der Waals surface area contributed by atoms with Gasteiger partial charge in [-0.15, -0.1) is 0 Å². The monoisotopic (exact) mass is 356 g/mol. The van der Waals surface area contributed by atoms with Crippen molar-refractivity contribution in [3.05, 3.63) is 54.1 Å². The summed E-state index contributed by atoms with van der Waals surface area (Å²) in [6.07, 6.45) is 2.76. The highest BCUT2D eigenvalue weighted by Gasteiger charge is 2.25. The van der Waals surface area contributed by atoms with Crippen LogP contribution < -0.4 is 16.2 Å². The van der Waals surface area contributed by atoms with Gasteiger partial charge in [-0.05, 0) is 12.1 Å². The third kappa shape index (κ3) is 4.13. The summed E-state index contributed by atoms with van der Waals surface area (Å²) >= 11 is 0. The van der Waals surface area contributed by atoms with Crippen LogP contribution in [0, 0.1) is 0 Å². The number of rotatable bonds is 4. The fraction of sp³-hybridized carbons (Fsp3) is 0.294. The van der Waals surface area contributed by atoms with E-state index >= 15 is 0 Å². The minimum atomic E-state index is -0.471. The lowest BCUT2D eigenvalue weighted by Gasteiger charge is -2.32. The lowest BCUT2D eigenvalue weighted by molar-refractivity contribution is 0.0547. The second kappa shape index (κ2) is 8.37. The van der Waals surface area contributed by atoms with Crippen molar-refractivity contribution in [2.24, 2.45) is 5.84 Å². The topological polar surface area (TPSA) is 114 Å². The Morgan fingerprint density at radius 2 is 1.81 bits per heavy atom. The molecular weight excluding hydrogens is 336 g/mol. The Bertz CT molecular complexity index is 747. The average Bonchev–Trinajstić information content (AvgIpc) is 2.72. The molecule has 0 saturated carbocycles. The molecule has 0 atom stereocenters. The summed E-state index contributed by atoms with van der Waals surface area (Å²) in [5.74, 6) is 5.05. The van der Waals surface area contributed by atoms with Crippen molar-refractivity contribution in [3.63, 3.8) is 0 Å². The highest BCUT2D eigenvalue weighted by molar-refractivity contribution is 5.93. The van der Waals surface area contributed by atoms with Gasteiger partial charge in [0.05, 0.1) is 25.3 Å². The number of ether oxygens (including phenoxy) is 1. The molecular formula is C17H20N6O3. The van der Waals surface area contributed by atoms with E-state index in [9.17, 15) is 9.59 Å². The second-order valence-corrected chi connectivity index (χ2v) is 5.67. The molecule has 136 valence electrons. The molecule has 1 fully saturated rings. The van der Waals surface area contributed by atoms with E-state index in [4.69, 9.17) is 10.6 Å². The summed E-state index contributed by atoms with van der Waals surface area (Å²) in [7, 11) is 0. The predicted molar refractivity (Wildman–Crippen MR) is 94.1 cm³/mol. The fourth-order valence-electron chi connectivity index (χ4n) is 2.58. The number of anilines is 1. The first-order chi connectivity index (χ1) is 12.7. The van der Waals surface area contributed by atoms with Gasteiger partial charge in [-0.2, -0.15) is 0 Å². The number of carbonyl (C=O) groups is 2. The van der Waals surface area contributed by atoms with Gasteiger partial charge in [0.15, 0.2) is 0 Å². The lowest BCUT2D eigenvalue weighted by Crippen LogP contribution is -2.48. The van der Waals surface area contributed by atoms with Gasteiger partial charge >= 0.3 is 6.03 Å². The molecule has 1 aromatic carbocycles. The average molecular weight is 356 g/mol. The fourth-order valence-corrected chi connectivity index (χ4v) is 2.58. The Balaban J connectivity index is 1.81. The second-order valence-electron chi connectivity index (χ2n) is 5.67. The van der Waals surface area contributed by atoms with Crippen molar-refractivity contribution in [1.82, 2.24) is 20.3 Å². The molecule has 1 aliphatic heterocycles. The molecule has 2 heterocycles. The van der Waals surface area contributed by atoms with Gasteiger partial charge < -0.3 is 9.64 Å². The molecule has 3 amide bonds. The number of para-hydroxylation sites is 1. The quantitative estimate of drug-likeness (QED) is 0.469. The van der Waals surface area contributed by atoms with Gasteiger partial charge in [0.25, 0.3) is 5.91 Å². The summed E-state index contributed by atoms with van der Waals surface area (Å²) in [5, 5.41) is 0. The van der Waals surface area contributed by atoms with Crippen molar-refractivity contribution < 1.29 is 14.3 Å². The van der Waals surface area contributed by atoms with Crippen LogP contribution in [0.3, 0.4) is 0 Å². The summed E-state index contributed by atoms with van der Waals surface area (Å²) < 4.78 is 5.31. The van der Waals surface area contributed by atoms with Gasteiger partial charge in [0.1, 0.15) is 5.82 Å². The van der Waals surface area contributed by atoms with E-state index in [1.807, 2.05) is 35.8 Å². The Hall–Kier alpha value is -3.04. The number of urea groups is 1. The maximum absolute atomic E-state index is 13.0. The minimum Gasteiger partial charge on any atom is -0.378 e. The first-order valence-corrected chi connectivity index (χ1v) is 8.20. The van der Waals surface area contributed by atoms with E-state index in [-0.39, 0.29) is 18.1 Å². The number of hydrogen-bond acceptors (Lipinski definition) is 6. The number of hydrazine groups is 1. The van der Waals surface area contributed by atoms with Crippen LogP contribution in [-0.4, -0.2) is 53.1 Å². The summed E-state index contributed by atoms with van der Waals surface area (Å²) in [6.45, 7) is 2.31. The molecule has 0 aliphatic carbocycles. The van der Waals surface area contributed by atoms with E-state index in [0.717, 1.165) is 5.69 Å². The molecule has 2 aromatic rings. The third-order valence-electron chi connectivity index (χ3n) is 3.98. The van der Waals surface area contributed by atoms with Crippen molar-refractivity contribution in [2.45, 2.75) is 6.54 Å². The maximum Gasteiger partial charge on any atom is 0.325 e. The zero-order valence-corrected chi connectivity index (χ0v) is 14.2. The molecule has 0 radical (unpaired) electrons. The number of nitrogens with zero attached hydrogens (tertiary/aromatic N) is 4. The van der Waals surface area contributed by atoms with Gasteiger partial charge in [0, 0.05) is 31.2 Å². The first kappa shape index (κ1) is 17.8. The first-order valence-electron chi connectivity index (χ1n) is 8.20. The Morgan fingerprint density at radius 1 is 1.15 bits per heavy atom. The molecule has 3 N–H and O–H groups in total. The maximum atomic E-state index is 13.0. The SMILES string of the molecule is NNC(=O)c1cnc(CN(C(=O)N2CCOCC2)c2ccccc2)nc1. The lowest BCUT2D eigenvalue weighted by atomic mass is 10.2. The van der Waals surface area contributed by atoms with Crippen LogP contribution in [0.25, 0.3) is 0 Å². The van der Waals surface area contributed by atoms with Crippen LogP contribution in [0.1, 0.15) is 16.2 Å². The van der Waals surface area contributed by atoms with E-state index in [0.29, 0.717) is 32.1 Å². The third-order valence-corrected chi connectivity index (χ3v) is 3.98. The normalized spacial score (nSPS) is 14.0. The number of nitrogen functional groups attached to an aromatic ring is 1. The summed E-state index contributed by atoms with van der Waals surface area (Å²) in [4.78, 5) is 36.2. The highest BCUT2D eigenvalue weighted by atomic mass is 16.5. The number of amides is 3. The van der Waals surface area contributed by atoms with Crippen LogP contribution in [0.5, 0.6) is 0 Å². The van der Waals surface area contributed by atoms with E-state index in [1.165, 1.54) is 12.4 Å². The molecule has 9 nitrogen and oxygen atoms in total. The van der Waals surface area contributed by atoms with Crippen LogP contribution in [0.4, 0.5) is 10.5 Å². The van der Waals surface area contributed by atoms with Crippen LogP contribution >= 0.6 is 0 Å². The number of benzene rings is 1. The van der Waals surface area contributed by atoms with Gasteiger partial charge in [-0.25, -0.2) is 20.6 Å². The standard InChI is InChI=1S/C17H20N6O3/c18-21-16(24)13-10-19-15(20-11-13)12-23(14-4-2-1-3-5-14)17(25)22-6-8-26-9-7-22/h1-5,10-11H,6-9,12,18H2,(H,21,24). The Kier molecular flexibility index (Phi) is 5.72. The van der Waals surface area contributed by atoms with Crippen molar-refractivity contribution >= 4 is 17.6 Å².